The SMILES string of the molecule is Cc1nc(CN2CCC[C@@]3(CN(Cc4ccccn4)CCO3)C2)cs1. The molecule has 0 radical (unpaired) electrons. The summed E-state index contributed by atoms with van der Waals surface area (Å²) in [6.07, 6.45) is 4.22. The van der Waals surface area contributed by atoms with E-state index >= 15 is 0 Å². The molecule has 134 valence electrons. The Morgan fingerprint density at radius 3 is 2.76 bits per heavy atom. The number of morpholine rings is 1. The third kappa shape index (κ3) is 4.26. The molecule has 25 heavy (non-hydrogen) atoms. The van der Waals surface area contributed by atoms with Crippen molar-refractivity contribution in [2.24, 2.45) is 0 Å². The van der Waals surface area contributed by atoms with E-state index in [0.29, 0.717) is 0 Å². The molecule has 2 saturated heterocycles. The average Bonchev–Trinajstić information content (AvgIpc) is 3.01. The van der Waals surface area contributed by atoms with Crippen molar-refractivity contribution in [2.75, 3.05) is 32.8 Å². The van der Waals surface area contributed by atoms with Crippen LogP contribution in [0, 0.1) is 6.92 Å². The smallest absolute Gasteiger partial charge is 0.0936 e. The molecule has 2 aliphatic rings. The van der Waals surface area contributed by atoms with Gasteiger partial charge < -0.3 is 4.74 Å². The second-order valence-corrected chi connectivity index (χ2v) is 8.30. The number of hydrogen-bond donors (Lipinski definition) is 0. The van der Waals surface area contributed by atoms with E-state index in [9.17, 15) is 0 Å². The number of ether oxygens (including phenoxy) is 1. The second kappa shape index (κ2) is 7.50. The van der Waals surface area contributed by atoms with E-state index in [4.69, 9.17) is 4.74 Å². The van der Waals surface area contributed by atoms with Gasteiger partial charge in [-0.15, -0.1) is 11.3 Å². The van der Waals surface area contributed by atoms with Crippen molar-refractivity contribution in [3.05, 3.63) is 46.2 Å². The summed E-state index contributed by atoms with van der Waals surface area (Å²) in [5.41, 5.74) is 2.31. The van der Waals surface area contributed by atoms with Crippen LogP contribution in [0.3, 0.4) is 0 Å². The number of hydrogen-bond acceptors (Lipinski definition) is 6. The highest BCUT2D eigenvalue weighted by atomic mass is 32.1. The topological polar surface area (TPSA) is 41.5 Å². The van der Waals surface area contributed by atoms with Gasteiger partial charge in [0.1, 0.15) is 0 Å². The van der Waals surface area contributed by atoms with Gasteiger partial charge in [0.05, 0.1) is 28.6 Å². The molecule has 5 nitrogen and oxygen atoms in total. The first-order valence-electron chi connectivity index (χ1n) is 9.10. The standard InChI is InChI=1S/C19H26N4OS/c1-16-21-18(13-25-16)12-22-8-4-6-19(14-22)15-23(9-10-24-19)11-17-5-2-3-7-20-17/h2-3,5,7,13H,4,6,8-12,14-15H2,1H3/t19-/m0/s1. The van der Waals surface area contributed by atoms with E-state index in [1.54, 1.807) is 11.3 Å². The molecule has 0 N–H and O–H groups in total. The minimum Gasteiger partial charge on any atom is -0.371 e. The summed E-state index contributed by atoms with van der Waals surface area (Å²) in [6.45, 7) is 8.87. The van der Waals surface area contributed by atoms with Gasteiger partial charge in [-0.1, -0.05) is 6.07 Å². The third-order valence-electron chi connectivity index (χ3n) is 5.11. The van der Waals surface area contributed by atoms with E-state index < -0.39 is 0 Å². The predicted molar refractivity (Wildman–Crippen MR) is 99.6 cm³/mol. The lowest BCUT2D eigenvalue weighted by Crippen LogP contribution is -2.59. The minimum atomic E-state index is -0.0314. The van der Waals surface area contributed by atoms with Gasteiger partial charge >= 0.3 is 0 Å². The molecule has 2 fully saturated rings. The van der Waals surface area contributed by atoms with Crippen LogP contribution in [0.2, 0.25) is 0 Å². The highest BCUT2D eigenvalue weighted by molar-refractivity contribution is 7.09. The molecule has 4 heterocycles. The minimum absolute atomic E-state index is 0.0314. The number of nitrogens with zero attached hydrogens (tertiary/aromatic N) is 4. The lowest BCUT2D eigenvalue weighted by Gasteiger charge is -2.48. The van der Waals surface area contributed by atoms with Gasteiger partial charge in [0.2, 0.25) is 0 Å². The van der Waals surface area contributed by atoms with Crippen molar-refractivity contribution < 1.29 is 4.74 Å². The molecule has 0 bridgehead atoms. The van der Waals surface area contributed by atoms with Crippen LogP contribution in [-0.4, -0.2) is 58.2 Å². The second-order valence-electron chi connectivity index (χ2n) is 7.24. The number of thiazole rings is 1. The Morgan fingerprint density at radius 1 is 1.16 bits per heavy atom. The maximum atomic E-state index is 6.33. The fourth-order valence-corrected chi connectivity index (χ4v) is 4.67. The third-order valence-corrected chi connectivity index (χ3v) is 5.93. The molecule has 6 heteroatoms. The number of likely N-dealkylation sites (tertiary alicyclic amines) is 1. The van der Waals surface area contributed by atoms with Crippen molar-refractivity contribution in [1.29, 1.82) is 0 Å². The van der Waals surface area contributed by atoms with E-state index in [2.05, 4.69) is 44.2 Å². The summed E-state index contributed by atoms with van der Waals surface area (Å²) in [7, 11) is 0. The molecule has 0 saturated carbocycles. The quantitative estimate of drug-likeness (QED) is 0.841. The highest BCUT2D eigenvalue weighted by Gasteiger charge is 2.40. The predicted octanol–water partition coefficient (Wildman–Crippen LogP) is 2.71. The molecule has 4 rings (SSSR count). The lowest BCUT2D eigenvalue weighted by molar-refractivity contribution is -0.143. The van der Waals surface area contributed by atoms with Crippen LogP contribution in [0.25, 0.3) is 0 Å². The Bertz CT molecular complexity index is 688. The van der Waals surface area contributed by atoms with Gasteiger partial charge in [0.25, 0.3) is 0 Å². The Morgan fingerprint density at radius 2 is 2.00 bits per heavy atom. The van der Waals surface area contributed by atoms with Gasteiger partial charge in [0, 0.05) is 44.3 Å². The molecular weight excluding hydrogens is 332 g/mol. The molecule has 2 aromatic rings. The van der Waals surface area contributed by atoms with Gasteiger partial charge in [0.15, 0.2) is 0 Å². The zero-order valence-electron chi connectivity index (χ0n) is 14.9. The highest BCUT2D eigenvalue weighted by Crippen LogP contribution is 2.30. The molecule has 2 aromatic heterocycles. The van der Waals surface area contributed by atoms with Gasteiger partial charge in [-0.3, -0.25) is 14.8 Å². The van der Waals surface area contributed by atoms with E-state index in [1.807, 2.05) is 12.3 Å². The molecule has 0 unspecified atom stereocenters. The first kappa shape index (κ1) is 17.1. The Balaban J connectivity index is 1.39. The first-order chi connectivity index (χ1) is 12.2. The number of rotatable bonds is 4. The summed E-state index contributed by atoms with van der Waals surface area (Å²) >= 11 is 1.74. The van der Waals surface area contributed by atoms with Gasteiger partial charge in [-0.05, 0) is 38.4 Å². The average molecular weight is 359 g/mol. The summed E-state index contributed by atoms with van der Waals surface area (Å²) in [6, 6.07) is 6.15. The number of pyridine rings is 1. The molecule has 0 aliphatic carbocycles. The van der Waals surface area contributed by atoms with Crippen LogP contribution in [0.1, 0.15) is 29.2 Å². The van der Waals surface area contributed by atoms with Crippen molar-refractivity contribution in [3.8, 4) is 0 Å². The zero-order valence-corrected chi connectivity index (χ0v) is 15.7. The van der Waals surface area contributed by atoms with Crippen LogP contribution >= 0.6 is 11.3 Å². The number of aromatic nitrogens is 2. The van der Waals surface area contributed by atoms with Gasteiger partial charge in [-0.25, -0.2) is 4.98 Å². The maximum absolute atomic E-state index is 6.33. The van der Waals surface area contributed by atoms with Crippen molar-refractivity contribution in [2.45, 2.75) is 38.5 Å². The molecule has 0 aromatic carbocycles. The molecule has 1 spiro atoms. The summed E-state index contributed by atoms with van der Waals surface area (Å²) in [5.74, 6) is 0. The Labute approximate surface area is 153 Å². The summed E-state index contributed by atoms with van der Waals surface area (Å²) in [4.78, 5) is 14.1. The fourth-order valence-electron chi connectivity index (χ4n) is 4.06. The molecular formula is C19H26N4OS. The number of aryl methyl sites for hydroxylation is 1. The van der Waals surface area contributed by atoms with Crippen LogP contribution in [0.5, 0.6) is 0 Å². The van der Waals surface area contributed by atoms with E-state index in [-0.39, 0.29) is 5.60 Å². The summed E-state index contributed by atoms with van der Waals surface area (Å²) in [5, 5.41) is 3.34. The van der Waals surface area contributed by atoms with Crippen LogP contribution in [0.4, 0.5) is 0 Å². The molecule has 0 amide bonds. The van der Waals surface area contributed by atoms with Crippen molar-refractivity contribution in [3.63, 3.8) is 0 Å². The van der Waals surface area contributed by atoms with Crippen LogP contribution < -0.4 is 0 Å². The Kier molecular flexibility index (Phi) is 5.12. The fraction of sp³-hybridized carbons (Fsp3) is 0.579. The lowest BCUT2D eigenvalue weighted by atomic mass is 9.90. The maximum Gasteiger partial charge on any atom is 0.0936 e. The van der Waals surface area contributed by atoms with Crippen molar-refractivity contribution >= 4 is 11.3 Å². The Hall–Kier alpha value is -1.34. The summed E-state index contributed by atoms with van der Waals surface area (Å²) < 4.78 is 6.33. The van der Waals surface area contributed by atoms with E-state index in [0.717, 1.165) is 63.0 Å². The van der Waals surface area contributed by atoms with Crippen LogP contribution in [0.15, 0.2) is 29.8 Å². The zero-order chi connectivity index (χ0) is 17.1. The monoisotopic (exact) mass is 358 g/mol. The normalized spacial score (nSPS) is 25.5. The van der Waals surface area contributed by atoms with Crippen molar-refractivity contribution in [1.82, 2.24) is 19.8 Å². The molecule has 1 atom stereocenters. The van der Waals surface area contributed by atoms with Gasteiger partial charge in [-0.2, -0.15) is 0 Å². The van der Waals surface area contributed by atoms with E-state index in [1.165, 1.54) is 12.1 Å². The number of piperidine rings is 1. The first-order valence-corrected chi connectivity index (χ1v) is 9.98. The molecule has 2 aliphatic heterocycles. The van der Waals surface area contributed by atoms with Crippen LogP contribution in [-0.2, 0) is 17.8 Å². The largest absolute Gasteiger partial charge is 0.371 e.